The van der Waals surface area contributed by atoms with Gasteiger partial charge in [0.15, 0.2) is 0 Å². The molecule has 12 heavy (non-hydrogen) atoms. The Labute approximate surface area is 75.4 Å². The predicted octanol–water partition coefficient (Wildman–Crippen LogP) is 0.307. The first-order chi connectivity index (χ1) is 5.60. The van der Waals surface area contributed by atoms with Crippen molar-refractivity contribution in [2.24, 2.45) is 5.73 Å². The summed E-state index contributed by atoms with van der Waals surface area (Å²) in [6.45, 7) is 3.52. The molecule has 0 saturated carbocycles. The van der Waals surface area contributed by atoms with Gasteiger partial charge in [-0.25, -0.2) is 0 Å². The maximum atomic E-state index is 11.0. The molecule has 1 amide bonds. The minimum atomic E-state index is -0.821. The Balaban J connectivity index is 2.80. The van der Waals surface area contributed by atoms with E-state index in [-0.39, 0.29) is 5.78 Å². The summed E-state index contributed by atoms with van der Waals surface area (Å²) in [6.07, 6.45) is 3.44. The summed E-state index contributed by atoms with van der Waals surface area (Å²) in [7, 11) is 0. The van der Waals surface area contributed by atoms with E-state index in [1.54, 1.807) is 6.08 Å². The van der Waals surface area contributed by atoms with Crippen LogP contribution in [0.2, 0.25) is 0 Å². The van der Waals surface area contributed by atoms with Crippen molar-refractivity contribution in [1.29, 1.82) is 0 Å². The molecule has 0 spiro atoms. The lowest BCUT2D eigenvalue weighted by Gasteiger charge is -2.20. The van der Waals surface area contributed by atoms with E-state index in [0.29, 0.717) is 12.2 Å². The first-order valence-corrected chi connectivity index (χ1v) is 4.53. The van der Waals surface area contributed by atoms with Crippen molar-refractivity contribution in [3.63, 3.8) is 0 Å². The lowest BCUT2D eigenvalue weighted by atomic mass is 9.98. The molecule has 4 heteroatoms. The standard InChI is InChI=1S/C8H10NO2S/c1-2-3-8(7(9)11)4-6(10)5-12-8/h2,4H,1,3,5H2,(H2,9,11). The van der Waals surface area contributed by atoms with Gasteiger partial charge in [0.1, 0.15) is 10.5 Å². The molecule has 0 aliphatic carbocycles. The van der Waals surface area contributed by atoms with Gasteiger partial charge in [-0.15, -0.1) is 18.3 Å². The molecule has 1 radical (unpaired) electrons. The van der Waals surface area contributed by atoms with Crippen LogP contribution in [0, 0.1) is 6.42 Å². The summed E-state index contributed by atoms with van der Waals surface area (Å²) in [6, 6.07) is 0. The number of carbonyl (C=O) groups excluding carboxylic acids is 2. The first-order valence-electron chi connectivity index (χ1n) is 3.54. The normalized spacial score (nSPS) is 28.8. The number of Topliss-reactive ketones (excluding diaryl/α,β-unsaturated/α-hetero) is 1. The first kappa shape index (κ1) is 9.32. The molecule has 1 rings (SSSR count). The van der Waals surface area contributed by atoms with Crippen molar-refractivity contribution in [2.75, 3.05) is 5.75 Å². The topological polar surface area (TPSA) is 60.2 Å². The summed E-state index contributed by atoms with van der Waals surface area (Å²) >= 11 is 1.28. The van der Waals surface area contributed by atoms with Crippen LogP contribution in [0.5, 0.6) is 0 Å². The number of amides is 1. The number of hydrogen-bond donors (Lipinski definition) is 1. The van der Waals surface area contributed by atoms with Crippen LogP contribution in [-0.2, 0) is 9.59 Å². The van der Waals surface area contributed by atoms with E-state index in [9.17, 15) is 9.59 Å². The van der Waals surface area contributed by atoms with Crippen LogP contribution in [0.15, 0.2) is 12.7 Å². The van der Waals surface area contributed by atoms with Crippen molar-refractivity contribution in [3.05, 3.63) is 19.1 Å². The highest BCUT2D eigenvalue weighted by molar-refractivity contribution is 8.02. The average molecular weight is 184 g/mol. The van der Waals surface area contributed by atoms with Crippen LogP contribution in [0.4, 0.5) is 0 Å². The number of allylic oxidation sites excluding steroid dienone is 1. The molecular formula is C8H10NO2S. The highest BCUT2D eigenvalue weighted by atomic mass is 32.2. The number of nitrogens with two attached hydrogens (primary N) is 1. The SMILES string of the molecule is C=CCC1(C(N)=O)[CH]C(=O)CS1. The molecule has 0 aromatic carbocycles. The zero-order chi connectivity index (χ0) is 9.19. The van der Waals surface area contributed by atoms with Crippen LogP contribution in [0.3, 0.4) is 0 Å². The second-order valence-electron chi connectivity index (χ2n) is 2.65. The third-order valence-electron chi connectivity index (χ3n) is 1.73. The van der Waals surface area contributed by atoms with Crippen molar-refractivity contribution in [3.8, 4) is 0 Å². The minimum absolute atomic E-state index is 0.0272. The number of primary amides is 1. The van der Waals surface area contributed by atoms with Gasteiger partial charge in [0.05, 0.1) is 12.2 Å². The molecule has 0 bridgehead atoms. The third-order valence-corrected chi connectivity index (χ3v) is 3.16. The number of ketones is 1. The van der Waals surface area contributed by atoms with Gasteiger partial charge in [-0.05, 0) is 6.42 Å². The molecule has 2 N–H and O–H groups in total. The Morgan fingerprint density at radius 2 is 2.58 bits per heavy atom. The quantitative estimate of drug-likeness (QED) is 0.642. The largest absolute Gasteiger partial charge is 0.368 e. The van der Waals surface area contributed by atoms with E-state index >= 15 is 0 Å². The van der Waals surface area contributed by atoms with Crippen LogP contribution in [-0.4, -0.2) is 22.2 Å². The van der Waals surface area contributed by atoms with Crippen molar-refractivity contribution in [1.82, 2.24) is 0 Å². The summed E-state index contributed by atoms with van der Waals surface area (Å²) in [5.74, 6) is -0.143. The molecule has 65 valence electrons. The average Bonchev–Trinajstić information content (AvgIpc) is 2.34. The molecule has 1 aliphatic heterocycles. The molecule has 3 nitrogen and oxygen atoms in total. The monoisotopic (exact) mass is 184 g/mol. The third kappa shape index (κ3) is 1.53. The van der Waals surface area contributed by atoms with E-state index in [1.165, 1.54) is 18.2 Å². The number of hydrogen-bond acceptors (Lipinski definition) is 3. The molecule has 1 aliphatic rings. The zero-order valence-electron chi connectivity index (χ0n) is 6.58. The van der Waals surface area contributed by atoms with E-state index < -0.39 is 10.7 Å². The number of thioether (sulfide) groups is 1. The second kappa shape index (κ2) is 3.31. The molecule has 1 unspecified atom stereocenters. The summed E-state index contributed by atoms with van der Waals surface area (Å²) in [4.78, 5) is 21.9. The summed E-state index contributed by atoms with van der Waals surface area (Å²) < 4.78 is -0.821. The van der Waals surface area contributed by atoms with E-state index in [1.807, 2.05) is 0 Å². The predicted molar refractivity (Wildman–Crippen MR) is 48.5 cm³/mol. The van der Waals surface area contributed by atoms with Gasteiger partial charge >= 0.3 is 0 Å². The van der Waals surface area contributed by atoms with Gasteiger partial charge in [0.2, 0.25) is 5.91 Å². The molecule has 1 atom stereocenters. The summed E-state index contributed by atoms with van der Waals surface area (Å²) in [5, 5.41) is 0. The fourth-order valence-electron chi connectivity index (χ4n) is 1.12. The maximum Gasteiger partial charge on any atom is 0.234 e. The molecule has 1 heterocycles. The fraction of sp³-hybridized carbons (Fsp3) is 0.375. The molecule has 0 aromatic rings. The van der Waals surface area contributed by atoms with E-state index in [0.717, 1.165) is 0 Å². The summed E-state index contributed by atoms with van der Waals surface area (Å²) in [5.41, 5.74) is 5.19. The van der Waals surface area contributed by atoms with E-state index in [2.05, 4.69) is 6.58 Å². The molecular weight excluding hydrogens is 174 g/mol. The Kier molecular flexibility index (Phi) is 2.57. The Bertz CT molecular complexity index is 239. The minimum Gasteiger partial charge on any atom is -0.368 e. The Morgan fingerprint density at radius 1 is 1.92 bits per heavy atom. The van der Waals surface area contributed by atoms with Crippen molar-refractivity contribution in [2.45, 2.75) is 11.2 Å². The number of carbonyl (C=O) groups is 2. The van der Waals surface area contributed by atoms with Gasteiger partial charge in [-0.2, -0.15) is 0 Å². The van der Waals surface area contributed by atoms with Crippen LogP contribution in [0.1, 0.15) is 6.42 Å². The fourth-order valence-corrected chi connectivity index (χ4v) is 2.19. The van der Waals surface area contributed by atoms with Gasteiger partial charge in [-0.1, -0.05) is 6.08 Å². The second-order valence-corrected chi connectivity index (χ2v) is 3.95. The van der Waals surface area contributed by atoms with Gasteiger partial charge in [0.25, 0.3) is 0 Å². The highest BCUT2D eigenvalue weighted by Crippen LogP contribution is 2.38. The molecule has 1 fully saturated rings. The van der Waals surface area contributed by atoms with Crippen molar-refractivity contribution < 1.29 is 9.59 Å². The maximum absolute atomic E-state index is 11.0. The number of rotatable bonds is 3. The molecule has 1 saturated heterocycles. The molecule has 0 aromatic heterocycles. The van der Waals surface area contributed by atoms with Crippen LogP contribution < -0.4 is 5.73 Å². The van der Waals surface area contributed by atoms with E-state index in [4.69, 9.17) is 5.73 Å². The smallest absolute Gasteiger partial charge is 0.234 e. The lowest BCUT2D eigenvalue weighted by Crippen LogP contribution is -2.39. The lowest BCUT2D eigenvalue weighted by molar-refractivity contribution is -0.121. The highest BCUT2D eigenvalue weighted by Gasteiger charge is 2.43. The zero-order valence-corrected chi connectivity index (χ0v) is 7.39. The Morgan fingerprint density at radius 3 is 2.92 bits per heavy atom. The Hall–Kier alpha value is -0.770. The van der Waals surface area contributed by atoms with Crippen LogP contribution in [0.25, 0.3) is 0 Å². The van der Waals surface area contributed by atoms with Crippen LogP contribution >= 0.6 is 11.8 Å². The van der Waals surface area contributed by atoms with Gasteiger partial charge < -0.3 is 5.73 Å². The van der Waals surface area contributed by atoms with Crippen molar-refractivity contribution >= 4 is 23.5 Å². The van der Waals surface area contributed by atoms with Gasteiger partial charge in [-0.3, -0.25) is 9.59 Å². The van der Waals surface area contributed by atoms with Gasteiger partial charge in [0, 0.05) is 0 Å².